The van der Waals surface area contributed by atoms with Crippen molar-refractivity contribution in [2.75, 3.05) is 29.9 Å². The van der Waals surface area contributed by atoms with E-state index in [2.05, 4.69) is 35.5 Å². The molecule has 0 atom stereocenters. The van der Waals surface area contributed by atoms with Crippen molar-refractivity contribution in [2.45, 2.75) is 6.92 Å². The minimum absolute atomic E-state index is 0.0994. The van der Waals surface area contributed by atoms with Crippen molar-refractivity contribution in [3.8, 4) is 0 Å². The van der Waals surface area contributed by atoms with E-state index in [1.807, 2.05) is 19.1 Å². The van der Waals surface area contributed by atoms with Gasteiger partial charge in [-0.1, -0.05) is 0 Å². The summed E-state index contributed by atoms with van der Waals surface area (Å²) in [6.45, 7) is 4.37. The summed E-state index contributed by atoms with van der Waals surface area (Å²) < 4.78 is 3.29. The largest absolute Gasteiger partial charge is 0.355 e. The highest BCUT2D eigenvalue weighted by atomic mass is 16.1. The van der Waals surface area contributed by atoms with Crippen LogP contribution in [0.25, 0.3) is 16.7 Å². The summed E-state index contributed by atoms with van der Waals surface area (Å²) in [5, 5.41) is 16.5. The zero-order chi connectivity index (χ0) is 19.3. The van der Waals surface area contributed by atoms with Crippen LogP contribution in [-0.2, 0) is 7.05 Å². The topological polar surface area (TPSA) is 106 Å². The van der Waals surface area contributed by atoms with Gasteiger partial charge in [-0.25, -0.2) is 4.98 Å². The highest BCUT2D eigenvalue weighted by Crippen LogP contribution is 2.23. The van der Waals surface area contributed by atoms with E-state index in [1.54, 1.807) is 29.9 Å². The predicted octanol–water partition coefficient (Wildman–Crippen LogP) is 0.623. The zero-order valence-electron chi connectivity index (χ0n) is 15.6. The van der Waals surface area contributed by atoms with Gasteiger partial charge in [0, 0.05) is 38.8 Å². The van der Waals surface area contributed by atoms with Gasteiger partial charge in [0.25, 0.3) is 5.56 Å². The smallest absolute Gasteiger partial charge is 0.264 e. The first-order chi connectivity index (χ1) is 13.6. The monoisotopic (exact) mass is 377 g/mol. The van der Waals surface area contributed by atoms with E-state index < -0.39 is 0 Å². The number of anilines is 2. The second-order valence-electron chi connectivity index (χ2n) is 7.03. The molecule has 28 heavy (non-hydrogen) atoms. The molecule has 0 unspecified atom stereocenters. The molecular formula is C18H19N9O. The van der Waals surface area contributed by atoms with Gasteiger partial charge in [0.15, 0.2) is 17.1 Å². The Balaban J connectivity index is 1.27. The van der Waals surface area contributed by atoms with Crippen LogP contribution in [-0.4, -0.2) is 54.0 Å². The number of nitrogens with zero attached hydrogens (tertiary/aromatic N) is 8. The molecule has 1 N–H and O–H groups in total. The van der Waals surface area contributed by atoms with Gasteiger partial charge >= 0.3 is 0 Å². The fraction of sp³-hybridized carbons (Fsp3) is 0.333. The standard InChI is InChI=1S/C18H19N9O/c1-11-22-23-14-5-6-15(24-27(11)14)26-9-12(10-26)8-20-18-21-16-13(4-3-7-19-16)17(28)25(18)2/h3-7,12H,8-10H2,1-2H3,(H,19,20,21). The molecule has 0 radical (unpaired) electrons. The molecular weight excluding hydrogens is 358 g/mol. The third kappa shape index (κ3) is 2.65. The summed E-state index contributed by atoms with van der Waals surface area (Å²) in [4.78, 5) is 23.3. The molecule has 0 amide bonds. The Hall–Kier alpha value is -3.56. The first kappa shape index (κ1) is 16.6. The van der Waals surface area contributed by atoms with Crippen molar-refractivity contribution in [3.63, 3.8) is 0 Å². The summed E-state index contributed by atoms with van der Waals surface area (Å²) in [7, 11) is 1.72. The van der Waals surface area contributed by atoms with Gasteiger partial charge in [-0.15, -0.1) is 15.3 Å². The van der Waals surface area contributed by atoms with Crippen LogP contribution < -0.4 is 15.8 Å². The molecule has 10 heteroatoms. The number of hydrogen-bond donors (Lipinski definition) is 1. The van der Waals surface area contributed by atoms with Crippen molar-refractivity contribution >= 4 is 28.4 Å². The molecule has 5 rings (SSSR count). The lowest BCUT2D eigenvalue weighted by Gasteiger charge is -2.40. The number of fused-ring (bicyclic) bond motifs is 2. The Morgan fingerprint density at radius 2 is 2.07 bits per heavy atom. The molecule has 5 heterocycles. The normalized spacial score (nSPS) is 14.6. The summed E-state index contributed by atoms with van der Waals surface area (Å²) >= 11 is 0. The van der Waals surface area contributed by atoms with Crippen LogP contribution >= 0.6 is 0 Å². The molecule has 4 aromatic rings. The molecule has 1 fully saturated rings. The van der Waals surface area contributed by atoms with Crippen LogP contribution in [0.2, 0.25) is 0 Å². The number of rotatable bonds is 4. The van der Waals surface area contributed by atoms with E-state index in [0.717, 1.165) is 36.9 Å². The molecule has 0 bridgehead atoms. The predicted molar refractivity (Wildman–Crippen MR) is 104 cm³/mol. The molecule has 1 saturated heterocycles. The van der Waals surface area contributed by atoms with Gasteiger partial charge in [-0.05, 0) is 31.2 Å². The fourth-order valence-corrected chi connectivity index (χ4v) is 3.44. The molecule has 10 nitrogen and oxygen atoms in total. The van der Waals surface area contributed by atoms with Crippen LogP contribution in [0.1, 0.15) is 5.82 Å². The lowest BCUT2D eigenvalue weighted by Crippen LogP contribution is -2.50. The van der Waals surface area contributed by atoms with E-state index in [4.69, 9.17) is 0 Å². The van der Waals surface area contributed by atoms with E-state index in [9.17, 15) is 4.79 Å². The lowest BCUT2D eigenvalue weighted by molar-refractivity contribution is 0.423. The van der Waals surface area contributed by atoms with Crippen LogP contribution in [0.5, 0.6) is 0 Å². The summed E-state index contributed by atoms with van der Waals surface area (Å²) in [5.41, 5.74) is 1.11. The third-order valence-corrected chi connectivity index (χ3v) is 5.09. The van der Waals surface area contributed by atoms with E-state index in [1.165, 1.54) is 4.57 Å². The first-order valence-electron chi connectivity index (χ1n) is 9.10. The number of aromatic nitrogens is 7. The van der Waals surface area contributed by atoms with Crippen molar-refractivity contribution in [1.29, 1.82) is 0 Å². The third-order valence-electron chi connectivity index (χ3n) is 5.09. The number of nitrogens with one attached hydrogen (secondary N) is 1. The van der Waals surface area contributed by atoms with Crippen LogP contribution in [0.15, 0.2) is 35.3 Å². The molecule has 1 aliphatic heterocycles. The molecule has 1 aliphatic rings. The summed E-state index contributed by atoms with van der Waals surface area (Å²) in [6.07, 6.45) is 1.64. The maximum Gasteiger partial charge on any atom is 0.264 e. The molecule has 4 aromatic heterocycles. The number of aryl methyl sites for hydroxylation is 1. The van der Waals surface area contributed by atoms with E-state index >= 15 is 0 Å². The van der Waals surface area contributed by atoms with E-state index in [-0.39, 0.29) is 5.56 Å². The van der Waals surface area contributed by atoms with Gasteiger partial charge in [-0.2, -0.15) is 9.50 Å². The van der Waals surface area contributed by atoms with Crippen molar-refractivity contribution < 1.29 is 0 Å². The highest BCUT2D eigenvalue weighted by Gasteiger charge is 2.28. The molecule has 0 spiro atoms. The second-order valence-corrected chi connectivity index (χ2v) is 7.03. The maximum absolute atomic E-state index is 12.4. The second kappa shape index (κ2) is 6.25. The van der Waals surface area contributed by atoms with Gasteiger partial charge in [0.05, 0.1) is 5.39 Å². The average Bonchev–Trinajstić information content (AvgIpc) is 3.05. The van der Waals surface area contributed by atoms with Gasteiger partial charge in [-0.3, -0.25) is 9.36 Å². The van der Waals surface area contributed by atoms with E-state index in [0.29, 0.717) is 22.9 Å². The minimum atomic E-state index is -0.0994. The Morgan fingerprint density at radius 3 is 2.93 bits per heavy atom. The summed E-state index contributed by atoms with van der Waals surface area (Å²) in [5.74, 6) is 2.66. The fourth-order valence-electron chi connectivity index (χ4n) is 3.44. The van der Waals surface area contributed by atoms with Crippen molar-refractivity contribution in [3.05, 3.63) is 46.6 Å². The Morgan fingerprint density at radius 1 is 1.21 bits per heavy atom. The number of pyridine rings is 1. The molecule has 0 aromatic carbocycles. The van der Waals surface area contributed by atoms with Crippen LogP contribution in [0, 0.1) is 12.8 Å². The maximum atomic E-state index is 12.4. The molecule has 0 aliphatic carbocycles. The lowest BCUT2D eigenvalue weighted by atomic mass is 10.0. The SMILES string of the molecule is Cc1nnc2ccc(N3CC(CNc4nc5ncccc5c(=O)n4C)C3)nn12. The van der Waals surface area contributed by atoms with Crippen molar-refractivity contribution in [2.24, 2.45) is 13.0 Å². The highest BCUT2D eigenvalue weighted by molar-refractivity contribution is 5.74. The Labute approximate surface area is 159 Å². The van der Waals surface area contributed by atoms with Crippen LogP contribution in [0.3, 0.4) is 0 Å². The average molecular weight is 377 g/mol. The molecule has 142 valence electrons. The van der Waals surface area contributed by atoms with Crippen LogP contribution in [0.4, 0.5) is 11.8 Å². The first-order valence-corrected chi connectivity index (χ1v) is 9.10. The summed E-state index contributed by atoms with van der Waals surface area (Å²) in [6, 6.07) is 7.38. The van der Waals surface area contributed by atoms with Crippen molar-refractivity contribution in [1.82, 2.24) is 34.3 Å². The molecule has 0 saturated carbocycles. The number of hydrogen-bond acceptors (Lipinski definition) is 8. The quantitative estimate of drug-likeness (QED) is 0.552. The Bertz CT molecular complexity index is 1240. The van der Waals surface area contributed by atoms with Gasteiger partial charge in [0.2, 0.25) is 5.95 Å². The Kier molecular flexibility index (Phi) is 3.71. The van der Waals surface area contributed by atoms with Gasteiger partial charge in [0.1, 0.15) is 5.82 Å². The zero-order valence-corrected chi connectivity index (χ0v) is 15.6. The van der Waals surface area contributed by atoms with Gasteiger partial charge < -0.3 is 10.2 Å². The minimum Gasteiger partial charge on any atom is -0.355 e.